The van der Waals surface area contributed by atoms with Gasteiger partial charge in [0.1, 0.15) is 0 Å². The van der Waals surface area contributed by atoms with Gasteiger partial charge in [0.15, 0.2) is 0 Å². The molecule has 3 rings (SSSR count). The van der Waals surface area contributed by atoms with Crippen LogP contribution in [0.15, 0.2) is 41.3 Å². The topological polar surface area (TPSA) is 92.8 Å². The minimum absolute atomic E-state index is 0.0175. The Balaban J connectivity index is 1.89. The molecular weight excluding hydrogens is 392 g/mol. The maximum absolute atomic E-state index is 12.9. The van der Waals surface area contributed by atoms with E-state index in [1.165, 1.54) is 6.07 Å². The fourth-order valence-corrected chi connectivity index (χ4v) is 4.55. The van der Waals surface area contributed by atoms with Crippen LogP contribution in [0, 0.1) is 6.92 Å². The van der Waals surface area contributed by atoms with E-state index in [0.717, 1.165) is 11.3 Å². The summed E-state index contributed by atoms with van der Waals surface area (Å²) >= 11 is 0. The van der Waals surface area contributed by atoms with Gasteiger partial charge in [0.05, 0.1) is 22.8 Å². The Kier molecular flexibility index (Phi) is 5.93. The minimum Gasteiger partial charge on any atom is -0.462 e. The number of amides is 1. The summed E-state index contributed by atoms with van der Waals surface area (Å²) in [4.78, 5) is 25.9. The second kappa shape index (κ2) is 8.24. The van der Waals surface area contributed by atoms with Crippen molar-refractivity contribution in [3.05, 3.63) is 53.1 Å². The van der Waals surface area contributed by atoms with E-state index < -0.39 is 16.0 Å². The lowest BCUT2D eigenvalue weighted by Gasteiger charge is -2.17. The van der Waals surface area contributed by atoms with Gasteiger partial charge in [0.25, 0.3) is 10.0 Å². The number of anilines is 2. The summed E-state index contributed by atoms with van der Waals surface area (Å²) in [5.74, 6) is -0.479. The Morgan fingerprint density at radius 2 is 1.93 bits per heavy atom. The third-order valence-electron chi connectivity index (χ3n) is 4.93. The summed E-state index contributed by atoms with van der Waals surface area (Å²) in [5.41, 5.74) is 2.71. The first-order valence-corrected chi connectivity index (χ1v) is 11.0. The lowest BCUT2D eigenvalue weighted by molar-refractivity contribution is -0.118. The minimum atomic E-state index is -3.86. The number of esters is 1. The molecule has 0 saturated heterocycles. The molecule has 0 unspecified atom stereocenters. The van der Waals surface area contributed by atoms with Crippen LogP contribution in [0.25, 0.3) is 0 Å². The van der Waals surface area contributed by atoms with E-state index in [1.807, 2.05) is 0 Å². The van der Waals surface area contributed by atoms with Gasteiger partial charge in [-0.2, -0.15) is 0 Å². The van der Waals surface area contributed by atoms with Gasteiger partial charge in [-0.3, -0.25) is 9.52 Å². The van der Waals surface area contributed by atoms with E-state index in [-0.39, 0.29) is 17.4 Å². The molecule has 1 amide bonds. The average molecular weight is 416 g/mol. The molecule has 0 atom stereocenters. The zero-order valence-electron chi connectivity index (χ0n) is 16.7. The Morgan fingerprint density at radius 1 is 1.17 bits per heavy atom. The second-order valence-corrected chi connectivity index (χ2v) is 8.43. The number of nitrogens with zero attached hydrogens (tertiary/aromatic N) is 1. The normalized spacial score (nSPS) is 13.1. The molecule has 0 aromatic heterocycles. The van der Waals surface area contributed by atoms with Crippen molar-refractivity contribution >= 4 is 33.3 Å². The Hall–Kier alpha value is -2.87. The summed E-state index contributed by atoms with van der Waals surface area (Å²) in [6.45, 7) is 5.97. The van der Waals surface area contributed by atoms with E-state index >= 15 is 0 Å². The molecule has 7 nitrogen and oxygen atoms in total. The van der Waals surface area contributed by atoms with Crippen molar-refractivity contribution in [2.75, 3.05) is 22.8 Å². The van der Waals surface area contributed by atoms with Crippen molar-refractivity contribution in [2.24, 2.45) is 0 Å². The van der Waals surface area contributed by atoms with Gasteiger partial charge in [-0.1, -0.05) is 13.0 Å². The highest BCUT2D eigenvalue weighted by Crippen LogP contribution is 2.31. The van der Waals surface area contributed by atoms with Crippen LogP contribution in [-0.2, 0) is 26.0 Å². The monoisotopic (exact) mass is 416 g/mol. The Labute approximate surface area is 170 Å². The highest BCUT2D eigenvalue weighted by molar-refractivity contribution is 7.92. The van der Waals surface area contributed by atoms with Crippen LogP contribution < -0.4 is 9.62 Å². The second-order valence-electron chi connectivity index (χ2n) is 6.74. The van der Waals surface area contributed by atoms with Crippen LogP contribution in [0.5, 0.6) is 0 Å². The van der Waals surface area contributed by atoms with Crippen LogP contribution >= 0.6 is 0 Å². The number of hydrogen-bond acceptors (Lipinski definition) is 5. The first-order chi connectivity index (χ1) is 13.8. The third kappa shape index (κ3) is 4.12. The van der Waals surface area contributed by atoms with Crippen LogP contribution in [0.1, 0.15) is 41.8 Å². The molecule has 2 aromatic rings. The molecule has 2 aromatic carbocycles. The van der Waals surface area contributed by atoms with Gasteiger partial charge in [0.2, 0.25) is 5.91 Å². The number of rotatable bonds is 6. The van der Waals surface area contributed by atoms with Crippen molar-refractivity contribution in [1.82, 2.24) is 0 Å². The van der Waals surface area contributed by atoms with E-state index in [4.69, 9.17) is 4.74 Å². The van der Waals surface area contributed by atoms with Gasteiger partial charge in [-0.05, 0) is 61.7 Å². The molecule has 1 aliphatic heterocycles. The molecule has 0 aliphatic carbocycles. The molecule has 1 aliphatic rings. The van der Waals surface area contributed by atoms with E-state index in [2.05, 4.69) is 4.72 Å². The Bertz CT molecular complexity index is 1060. The Morgan fingerprint density at radius 3 is 2.62 bits per heavy atom. The highest BCUT2D eigenvalue weighted by atomic mass is 32.2. The maximum atomic E-state index is 12.9. The number of nitrogens with one attached hydrogen (secondary N) is 1. The highest BCUT2D eigenvalue weighted by Gasteiger charge is 2.26. The zero-order valence-corrected chi connectivity index (χ0v) is 17.5. The molecular formula is C21H24N2O5S. The summed E-state index contributed by atoms with van der Waals surface area (Å²) in [6.07, 6.45) is 1.01. The molecule has 1 N–H and O–H groups in total. The predicted molar refractivity (Wildman–Crippen MR) is 111 cm³/mol. The van der Waals surface area contributed by atoms with Crippen LogP contribution in [-0.4, -0.2) is 33.4 Å². The lowest BCUT2D eigenvalue weighted by atomic mass is 10.1. The van der Waals surface area contributed by atoms with Gasteiger partial charge in [0, 0.05) is 18.7 Å². The van der Waals surface area contributed by atoms with Crippen molar-refractivity contribution in [3.8, 4) is 0 Å². The standard InChI is InChI=1S/C21H24N2O5S/c1-4-20(24)23-12-11-15-13-16(9-10-19(15)23)29(26,27)22-18-8-6-7-17(14(18)3)21(25)28-5-2/h6-10,13,22H,4-5,11-12H2,1-3H3. The lowest BCUT2D eigenvalue weighted by Crippen LogP contribution is -2.27. The number of benzene rings is 2. The molecule has 29 heavy (non-hydrogen) atoms. The first-order valence-electron chi connectivity index (χ1n) is 9.51. The van der Waals surface area contributed by atoms with Crippen LogP contribution in [0.4, 0.5) is 11.4 Å². The number of carbonyl (C=O) groups excluding carboxylic acids is 2. The summed E-state index contributed by atoms with van der Waals surface area (Å²) in [5, 5.41) is 0. The van der Waals surface area contributed by atoms with E-state index in [9.17, 15) is 18.0 Å². The van der Waals surface area contributed by atoms with Gasteiger partial charge >= 0.3 is 5.97 Å². The quantitative estimate of drug-likeness (QED) is 0.730. The zero-order chi connectivity index (χ0) is 21.2. The van der Waals surface area contributed by atoms with Crippen molar-refractivity contribution in [2.45, 2.75) is 38.5 Å². The van der Waals surface area contributed by atoms with Gasteiger partial charge < -0.3 is 9.64 Å². The summed E-state index contributed by atoms with van der Waals surface area (Å²) < 4.78 is 33.4. The van der Waals surface area contributed by atoms with Crippen molar-refractivity contribution in [1.29, 1.82) is 0 Å². The largest absolute Gasteiger partial charge is 0.462 e. The number of hydrogen-bond donors (Lipinski definition) is 1. The molecule has 0 fully saturated rings. The third-order valence-corrected chi connectivity index (χ3v) is 6.30. The average Bonchev–Trinajstić information content (AvgIpc) is 3.12. The fraction of sp³-hybridized carbons (Fsp3) is 0.333. The number of fused-ring (bicyclic) bond motifs is 1. The fourth-order valence-electron chi connectivity index (χ4n) is 3.38. The summed E-state index contributed by atoms with van der Waals surface area (Å²) in [6, 6.07) is 9.57. The molecule has 0 saturated carbocycles. The van der Waals surface area contributed by atoms with E-state index in [1.54, 1.807) is 56.0 Å². The summed E-state index contributed by atoms with van der Waals surface area (Å²) in [7, 11) is -3.86. The molecule has 0 bridgehead atoms. The smallest absolute Gasteiger partial charge is 0.338 e. The SMILES string of the molecule is CCOC(=O)c1cccc(NS(=O)(=O)c2ccc3c(c2)CCN3C(=O)CC)c1C. The van der Waals surface area contributed by atoms with Gasteiger partial charge in [-0.15, -0.1) is 0 Å². The predicted octanol–water partition coefficient (Wildman–Crippen LogP) is 3.27. The molecule has 8 heteroatoms. The van der Waals surface area contributed by atoms with E-state index in [0.29, 0.717) is 36.2 Å². The number of sulfonamides is 1. The molecule has 1 heterocycles. The number of carbonyl (C=O) groups is 2. The van der Waals surface area contributed by atoms with Crippen LogP contribution in [0.2, 0.25) is 0 Å². The maximum Gasteiger partial charge on any atom is 0.338 e. The van der Waals surface area contributed by atoms with Crippen LogP contribution in [0.3, 0.4) is 0 Å². The van der Waals surface area contributed by atoms with Gasteiger partial charge in [-0.25, -0.2) is 13.2 Å². The number of ether oxygens (including phenoxy) is 1. The van der Waals surface area contributed by atoms with Crippen molar-refractivity contribution < 1.29 is 22.7 Å². The molecule has 0 radical (unpaired) electrons. The first kappa shape index (κ1) is 20.9. The molecule has 154 valence electrons. The van der Waals surface area contributed by atoms with Crippen molar-refractivity contribution in [3.63, 3.8) is 0 Å². The molecule has 0 spiro atoms.